The smallest absolute Gasteiger partial charge is 0.208 e. The summed E-state index contributed by atoms with van der Waals surface area (Å²) in [5.41, 5.74) is 2.51. The molecule has 7 heteroatoms. The van der Waals surface area contributed by atoms with Crippen molar-refractivity contribution in [2.75, 3.05) is 46.6 Å². The number of nitrogens with zero attached hydrogens (tertiary/aromatic N) is 2. The summed E-state index contributed by atoms with van der Waals surface area (Å²) < 4.78 is 31.5. The fourth-order valence-electron chi connectivity index (χ4n) is 3.88. The minimum absolute atomic E-state index is 0.00157. The van der Waals surface area contributed by atoms with E-state index < -0.39 is 10.0 Å². The predicted octanol–water partition coefficient (Wildman–Crippen LogP) is 1.37. The van der Waals surface area contributed by atoms with E-state index in [0.29, 0.717) is 6.04 Å². The lowest BCUT2D eigenvalue weighted by Gasteiger charge is -2.37. The van der Waals surface area contributed by atoms with Gasteiger partial charge in [0.25, 0.3) is 0 Å². The van der Waals surface area contributed by atoms with Crippen LogP contribution >= 0.6 is 0 Å². The van der Waals surface area contributed by atoms with Crippen LogP contribution in [0, 0.1) is 0 Å². The van der Waals surface area contributed by atoms with Crippen LogP contribution in [0.5, 0.6) is 0 Å². The fourth-order valence-corrected chi connectivity index (χ4v) is 4.68. The highest BCUT2D eigenvalue weighted by Crippen LogP contribution is 2.31. The van der Waals surface area contributed by atoms with Gasteiger partial charge in [-0.3, -0.25) is 4.90 Å². The molecule has 3 atom stereocenters. The van der Waals surface area contributed by atoms with Crippen LogP contribution in [-0.2, 0) is 14.8 Å². The molecular weight excluding hydrogens is 338 g/mol. The Morgan fingerprint density at radius 1 is 1.08 bits per heavy atom. The van der Waals surface area contributed by atoms with Crippen molar-refractivity contribution >= 4 is 10.0 Å². The Hall–Kier alpha value is -0.990. The Bertz CT molecular complexity index is 677. The lowest BCUT2D eigenvalue weighted by molar-refractivity contribution is -0.0209. The Morgan fingerprint density at radius 2 is 1.76 bits per heavy atom. The second-order valence-electron chi connectivity index (χ2n) is 7.41. The number of nitrogens with one attached hydrogen (secondary N) is 1. The van der Waals surface area contributed by atoms with Gasteiger partial charge in [-0.05, 0) is 38.1 Å². The summed E-state index contributed by atoms with van der Waals surface area (Å²) in [4.78, 5) is 4.54. The van der Waals surface area contributed by atoms with Gasteiger partial charge in [-0.2, -0.15) is 0 Å². The lowest BCUT2D eigenvalue weighted by atomic mass is 9.92. The van der Waals surface area contributed by atoms with Crippen molar-refractivity contribution in [2.45, 2.75) is 31.0 Å². The molecule has 2 saturated heterocycles. The molecule has 1 aromatic rings. The second kappa shape index (κ2) is 7.72. The molecule has 0 radical (unpaired) electrons. The van der Waals surface area contributed by atoms with Crippen LogP contribution in [0.15, 0.2) is 24.3 Å². The van der Waals surface area contributed by atoms with E-state index in [-0.39, 0.29) is 12.1 Å². The number of rotatable bonds is 4. The molecule has 1 aromatic carbocycles. The molecule has 0 saturated carbocycles. The zero-order valence-electron chi connectivity index (χ0n) is 15.3. The van der Waals surface area contributed by atoms with E-state index in [4.69, 9.17) is 4.74 Å². The number of hydrogen-bond donors (Lipinski definition) is 1. The first-order valence-corrected chi connectivity index (χ1v) is 10.8. The highest BCUT2D eigenvalue weighted by molar-refractivity contribution is 7.88. The van der Waals surface area contributed by atoms with E-state index in [9.17, 15) is 8.42 Å². The monoisotopic (exact) mass is 367 g/mol. The summed E-state index contributed by atoms with van der Waals surface area (Å²) in [5, 5.41) is 0. The average molecular weight is 368 g/mol. The van der Waals surface area contributed by atoms with Crippen LogP contribution in [0.1, 0.15) is 36.1 Å². The summed E-state index contributed by atoms with van der Waals surface area (Å²) in [6, 6.07) is 9.07. The third-order valence-corrected chi connectivity index (χ3v) is 5.93. The third kappa shape index (κ3) is 5.01. The number of benzene rings is 1. The van der Waals surface area contributed by atoms with Gasteiger partial charge in [0.05, 0.1) is 19.0 Å². The van der Waals surface area contributed by atoms with Crippen molar-refractivity contribution in [1.29, 1.82) is 0 Å². The number of sulfonamides is 1. The van der Waals surface area contributed by atoms with Crippen molar-refractivity contribution in [3.05, 3.63) is 35.4 Å². The minimum Gasteiger partial charge on any atom is -0.371 e. The van der Waals surface area contributed by atoms with Crippen LogP contribution in [0.4, 0.5) is 0 Å². The van der Waals surface area contributed by atoms with Gasteiger partial charge in [0.15, 0.2) is 0 Å². The lowest BCUT2D eigenvalue weighted by Crippen LogP contribution is -2.47. The van der Waals surface area contributed by atoms with Crippen LogP contribution < -0.4 is 4.72 Å². The maximum atomic E-state index is 11.4. The number of hydrogen-bond acceptors (Lipinski definition) is 5. The first-order chi connectivity index (χ1) is 11.8. The van der Waals surface area contributed by atoms with E-state index in [1.165, 1.54) is 17.4 Å². The van der Waals surface area contributed by atoms with Crippen LogP contribution in [0.2, 0.25) is 0 Å². The Labute approximate surface area is 151 Å². The Balaban J connectivity index is 1.63. The topological polar surface area (TPSA) is 61.9 Å². The summed E-state index contributed by atoms with van der Waals surface area (Å²) in [6.07, 6.45) is 3.19. The van der Waals surface area contributed by atoms with Gasteiger partial charge in [-0.25, -0.2) is 13.1 Å². The molecule has 140 valence electrons. The molecule has 0 aliphatic carbocycles. The van der Waals surface area contributed by atoms with Gasteiger partial charge < -0.3 is 9.64 Å². The van der Waals surface area contributed by atoms with Crippen LogP contribution in [0.3, 0.4) is 0 Å². The van der Waals surface area contributed by atoms with Gasteiger partial charge in [-0.15, -0.1) is 0 Å². The molecule has 0 bridgehead atoms. The van der Waals surface area contributed by atoms with Crippen molar-refractivity contribution in [2.24, 2.45) is 0 Å². The Kier molecular flexibility index (Phi) is 5.80. The molecule has 2 aliphatic rings. The van der Waals surface area contributed by atoms with Crippen molar-refractivity contribution < 1.29 is 13.2 Å². The summed E-state index contributed by atoms with van der Waals surface area (Å²) >= 11 is 0. The van der Waals surface area contributed by atoms with E-state index in [2.05, 4.69) is 52.9 Å². The maximum absolute atomic E-state index is 11.4. The number of likely N-dealkylation sites (N-methyl/N-ethyl adjacent to an activating group) is 2. The quantitative estimate of drug-likeness (QED) is 0.871. The number of morpholine rings is 1. The highest BCUT2D eigenvalue weighted by Gasteiger charge is 2.28. The Morgan fingerprint density at radius 3 is 2.36 bits per heavy atom. The summed E-state index contributed by atoms with van der Waals surface area (Å²) in [5.74, 6) is 0. The molecular formula is C18H29N3O3S. The number of piperidine rings is 1. The molecule has 0 spiro atoms. The standard InChI is InChI=1S/C18H29N3O3S/c1-20-10-11-24-18(13-20)15-6-4-14(5-7-15)17-9-8-16(12-21(17)2)19-25(3,22)23/h4-7,16-19H,8-13H2,1-3H3. The van der Waals surface area contributed by atoms with E-state index in [1.807, 2.05) is 0 Å². The highest BCUT2D eigenvalue weighted by atomic mass is 32.2. The maximum Gasteiger partial charge on any atom is 0.208 e. The zero-order valence-corrected chi connectivity index (χ0v) is 16.1. The van der Waals surface area contributed by atoms with Crippen molar-refractivity contribution in [1.82, 2.24) is 14.5 Å². The predicted molar refractivity (Wildman–Crippen MR) is 99.0 cm³/mol. The largest absolute Gasteiger partial charge is 0.371 e. The molecule has 1 N–H and O–H groups in total. The normalized spacial score (nSPS) is 29.6. The summed E-state index contributed by atoms with van der Waals surface area (Å²) in [7, 11) is 1.04. The van der Waals surface area contributed by atoms with E-state index in [1.54, 1.807) is 0 Å². The van der Waals surface area contributed by atoms with Crippen molar-refractivity contribution in [3.8, 4) is 0 Å². The van der Waals surface area contributed by atoms with Crippen molar-refractivity contribution in [3.63, 3.8) is 0 Å². The van der Waals surface area contributed by atoms with Gasteiger partial charge >= 0.3 is 0 Å². The van der Waals surface area contributed by atoms with E-state index in [0.717, 1.165) is 39.1 Å². The summed E-state index contributed by atoms with van der Waals surface area (Å²) in [6.45, 7) is 3.44. The van der Waals surface area contributed by atoms with Gasteiger partial charge in [0, 0.05) is 31.7 Å². The van der Waals surface area contributed by atoms with Crippen LogP contribution in [-0.4, -0.2) is 70.9 Å². The molecule has 25 heavy (non-hydrogen) atoms. The first kappa shape index (κ1) is 18.8. The van der Waals surface area contributed by atoms with Gasteiger partial charge in [-0.1, -0.05) is 24.3 Å². The second-order valence-corrected chi connectivity index (χ2v) is 9.19. The molecule has 0 aromatic heterocycles. The van der Waals surface area contributed by atoms with Gasteiger partial charge in [0.1, 0.15) is 0 Å². The fraction of sp³-hybridized carbons (Fsp3) is 0.667. The molecule has 2 heterocycles. The molecule has 6 nitrogen and oxygen atoms in total. The number of likely N-dealkylation sites (tertiary alicyclic amines) is 1. The van der Waals surface area contributed by atoms with E-state index >= 15 is 0 Å². The molecule has 2 fully saturated rings. The molecule has 2 aliphatic heterocycles. The SMILES string of the molecule is CN1CCOC(c2ccc(C3CCC(NS(C)(=O)=O)CN3C)cc2)C1. The van der Waals surface area contributed by atoms with Gasteiger partial charge in [0.2, 0.25) is 10.0 Å². The average Bonchev–Trinajstić information content (AvgIpc) is 2.54. The first-order valence-electron chi connectivity index (χ1n) is 8.89. The molecule has 3 unspecified atom stereocenters. The minimum atomic E-state index is -3.15. The molecule has 0 amide bonds. The zero-order chi connectivity index (χ0) is 18.0. The third-order valence-electron chi connectivity index (χ3n) is 5.17. The number of ether oxygens (including phenoxy) is 1. The molecule has 3 rings (SSSR count). The van der Waals surface area contributed by atoms with Crippen LogP contribution in [0.25, 0.3) is 0 Å².